The van der Waals surface area contributed by atoms with Crippen molar-refractivity contribution in [2.24, 2.45) is 17.8 Å². The quantitative estimate of drug-likeness (QED) is 0.765. The first kappa shape index (κ1) is 13.4. The summed E-state index contributed by atoms with van der Waals surface area (Å²) in [6.45, 7) is 8.66. The summed E-state index contributed by atoms with van der Waals surface area (Å²) in [5.74, 6) is 2.84. The zero-order valence-corrected chi connectivity index (χ0v) is 11.9. The highest BCUT2D eigenvalue weighted by Gasteiger charge is 2.30. The number of hydrogen-bond donors (Lipinski definition) is 1. The van der Waals surface area contributed by atoms with E-state index in [4.69, 9.17) is 0 Å². The molecule has 2 aliphatic carbocycles. The van der Waals surface area contributed by atoms with E-state index in [1.165, 1.54) is 51.7 Å². The molecule has 0 spiro atoms. The lowest BCUT2D eigenvalue weighted by Gasteiger charge is -2.37. The van der Waals surface area contributed by atoms with Gasteiger partial charge in [-0.15, -0.1) is 0 Å². The predicted octanol–water partition coefficient (Wildman–Crippen LogP) is 2.74. The standard InChI is InChI=1S/C15H30N2/c1-4-17(10-13-6-7-13)11-14-9-12(2)5-8-15(14)16-3/h12-16H,4-11H2,1-3H3. The Hall–Kier alpha value is -0.0800. The van der Waals surface area contributed by atoms with Crippen LogP contribution in [0.4, 0.5) is 0 Å². The summed E-state index contributed by atoms with van der Waals surface area (Å²) in [7, 11) is 2.14. The van der Waals surface area contributed by atoms with E-state index in [1.807, 2.05) is 0 Å². The van der Waals surface area contributed by atoms with Gasteiger partial charge < -0.3 is 10.2 Å². The molecular weight excluding hydrogens is 208 g/mol. The van der Waals surface area contributed by atoms with Crippen LogP contribution in [0.5, 0.6) is 0 Å². The molecule has 0 saturated heterocycles. The van der Waals surface area contributed by atoms with Crippen LogP contribution < -0.4 is 5.32 Å². The van der Waals surface area contributed by atoms with Gasteiger partial charge in [-0.3, -0.25) is 0 Å². The van der Waals surface area contributed by atoms with Crippen LogP contribution in [0.3, 0.4) is 0 Å². The fourth-order valence-electron chi connectivity index (χ4n) is 3.41. The van der Waals surface area contributed by atoms with E-state index in [1.54, 1.807) is 0 Å². The molecule has 1 N–H and O–H groups in total. The maximum atomic E-state index is 3.55. The van der Waals surface area contributed by atoms with Crippen molar-refractivity contribution in [2.45, 2.75) is 52.0 Å². The molecule has 0 bridgehead atoms. The van der Waals surface area contributed by atoms with Gasteiger partial charge in [0.25, 0.3) is 0 Å². The Balaban J connectivity index is 1.83. The average molecular weight is 238 g/mol. The molecule has 2 saturated carbocycles. The van der Waals surface area contributed by atoms with Crippen molar-refractivity contribution in [3.05, 3.63) is 0 Å². The SMILES string of the molecule is CCN(CC1CC1)CC1CC(C)CCC1NC. The Morgan fingerprint density at radius 1 is 1.12 bits per heavy atom. The third kappa shape index (κ3) is 3.96. The molecule has 0 radical (unpaired) electrons. The Morgan fingerprint density at radius 2 is 1.88 bits per heavy atom. The third-order valence-corrected chi connectivity index (χ3v) is 4.77. The molecule has 0 amide bonds. The molecule has 2 fully saturated rings. The molecule has 0 aromatic heterocycles. The van der Waals surface area contributed by atoms with E-state index in [-0.39, 0.29) is 0 Å². The van der Waals surface area contributed by atoms with E-state index in [2.05, 4.69) is 31.1 Å². The van der Waals surface area contributed by atoms with Gasteiger partial charge in [0.05, 0.1) is 0 Å². The Bertz CT molecular complexity index is 225. The van der Waals surface area contributed by atoms with Crippen molar-refractivity contribution in [1.82, 2.24) is 10.2 Å². The van der Waals surface area contributed by atoms with Crippen LogP contribution in [0.15, 0.2) is 0 Å². The lowest BCUT2D eigenvalue weighted by Crippen LogP contribution is -2.44. The fourth-order valence-corrected chi connectivity index (χ4v) is 3.41. The van der Waals surface area contributed by atoms with E-state index < -0.39 is 0 Å². The van der Waals surface area contributed by atoms with E-state index in [9.17, 15) is 0 Å². The molecule has 0 aromatic carbocycles. The summed E-state index contributed by atoms with van der Waals surface area (Å²) in [5.41, 5.74) is 0. The lowest BCUT2D eigenvalue weighted by atomic mass is 9.78. The van der Waals surface area contributed by atoms with Gasteiger partial charge in [0, 0.05) is 19.1 Å². The fraction of sp³-hybridized carbons (Fsp3) is 1.00. The van der Waals surface area contributed by atoms with Gasteiger partial charge in [-0.25, -0.2) is 0 Å². The Morgan fingerprint density at radius 3 is 2.47 bits per heavy atom. The summed E-state index contributed by atoms with van der Waals surface area (Å²) >= 11 is 0. The first-order chi connectivity index (χ1) is 8.22. The monoisotopic (exact) mass is 238 g/mol. The topological polar surface area (TPSA) is 15.3 Å². The summed E-state index contributed by atoms with van der Waals surface area (Å²) in [6, 6.07) is 0.763. The van der Waals surface area contributed by atoms with Crippen molar-refractivity contribution in [1.29, 1.82) is 0 Å². The molecule has 2 nitrogen and oxygen atoms in total. The minimum Gasteiger partial charge on any atom is -0.317 e. The Labute approximate surface area is 107 Å². The molecule has 3 unspecified atom stereocenters. The number of rotatable bonds is 6. The van der Waals surface area contributed by atoms with Gasteiger partial charge in [-0.1, -0.05) is 13.8 Å². The van der Waals surface area contributed by atoms with Gasteiger partial charge >= 0.3 is 0 Å². The first-order valence-corrected chi connectivity index (χ1v) is 7.62. The van der Waals surface area contributed by atoms with Crippen molar-refractivity contribution >= 4 is 0 Å². The van der Waals surface area contributed by atoms with Crippen molar-refractivity contribution in [3.63, 3.8) is 0 Å². The second-order valence-electron chi connectivity index (χ2n) is 6.37. The van der Waals surface area contributed by atoms with Crippen LogP contribution in [-0.4, -0.2) is 37.6 Å². The third-order valence-electron chi connectivity index (χ3n) is 4.77. The predicted molar refractivity (Wildman–Crippen MR) is 74.2 cm³/mol. The van der Waals surface area contributed by atoms with Crippen LogP contribution in [0.25, 0.3) is 0 Å². The van der Waals surface area contributed by atoms with Gasteiger partial charge in [0.2, 0.25) is 0 Å². The second kappa shape index (κ2) is 6.19. The van der Waals surface area contributed by atoms with Gasteiger partial charge in [0.1, 0.15) is 0 Å². The molecule has 0 aromatic rings. The number of nitrogens with zero attached hydrogens (tertiary/aromatic N) is 1. The van der Waals surface area contributed by atoms with Crippen LogP contribution in [0.1, 0.15) is 46.0 Å². The van der Waals surface area contributed by atoms with Crippen molar-refractivity contribution in [3.8, 4) is 0 Å². The summed E-state index contributed by atoms with van der Waals surface area (Å²) in [4.78, 5) is 2.70. The second-order valence-corrected chi connectivity index (χ2v) is 6.37. The largest absolute Gasteiger partial charge is 0.317 e. The van der Waals surface area contributed by atoms with E-state index in [0.717, 1.165) is 23.8 Å². The average Bonchev–Trinajstić information content (AvgIpc) is 3.12. The zero-order valence-electron chi connectivity index (χ0n) is 11.9. The maximum Gasteiger partial charge on any atom is 0.0105 e. The highest BCUT2D eigenvalue weighted by Crippen LogP contribution is 2.32. The molecule has 3 atom stereocenters. The molecule has 2 heteroatoms. The number of hydrogen-bond acceptors (Lipinski definition) is 2. The molecule has 100 valence electrons. The molecule has 2 aliphatic rings. The molecule has 0 aliphatic heterocycles. The van der Waals surface area contributed by atoms with Crippen molar-refractivity contribution < 1.29 is 0 Å². The zero-order chi connectivity index (χ0) is 12.3. The molecule has 17 heavy (non-hydrogen) atoms. The molecule has 2 rings (SSSR count). The van der Waals surface area contributed by atoms with Crippen molar-refractivity contribution in [2.75, 3.05) is 26.7 Å². The van der Waals surface area contributed by atoms with Gasteiger partial charge in [-0.05, 0) is 63.5 Å². The van der Waals surface area contributed by atoms with Gasteiger partial charge in [0.15, 0.2) is 0 Å². The van der Waals surface area contributed by atoms with E-state index >= 15 is 0 Å². The maximum absolute atomic E-state index is 3.55. The Kier molecular flexibility index (Phi) is 4.87. The summed E-state index contributed by atoms with van der Waals surface area (Å²) < 4.78 is 0. The van der Waals surface area contributed by atoms with Crippen LogP contribution in [0.2, 0.25) is 0 Å². The normalized spacial score (nSPS) is 34.2. The van der Waals surface area contributed by atoms with Crippen LogP contribution in [0, 0.1) is 17.8 Å². The smallest absolute Gasteiger partial charge is 0.0105 e. The van der Waals surface area contributed by atoms with Crippen LogP contribution in [-0.2, 0) is 0 Å². The van der Waals surface area contributed by atoms with Gasteiger partial charge in [-0.2, -0.15) is 0 Å². The summed E-state index contributed by atoms with van der Waals surface area (Å²) in [5, 5.41) is 3.55. The highest BCUT2D eigenvalue weighted by molar-refractivity contribution is 4.86. The molecular formula is C15H30N2. The first-order valence-electron chi connectivity index (χ1n) is 7.62. The van der Waals surface area contributed by atoms with Crippen LogP contribution >= 0.6 is 0 Å². The molecule has 0 heterocycles. The summed E-state index contributed by atoms with van der Waals surface area (Å²) in [6.07, 6.45) is 7.17. The number of nitrogens with one attached hydrogen (secondary N) is 1. The minimum atomic E-state index is 0.763. The highest BCUT2D eigenvalue weighted by atomic mass is 15.1. The lowest BCUT2D eigenvalue weighted by molar-refractivity contribution is 0.149. The van der Waals surface area contributed by atoms with E-state index in [0.29, 0.717) is 0 Å². The minimum absolute atomic E-state index is 0.763.